The molecule has 5 heteroatoms. The highest BCUT2D eigenvalue weighted by atomic mass is 15.1. The second-order valence-corrected chi connectivity index (χ2v) is 3.42. The second-order valence-electron chi connectivity index (χ2n) is 3.42. The summed E-state index contributed by atoms with van der Waals surface area (Å²) in [7, 11) is 0. The van der Waals surface area contributed by atoms with E-state index in [9.17, 15) is 0 Å². The quantitative estimate of drug-likeness (QED) is 0.626. The Balaban J connectivity index is 2.22. The first-order chi connectivity index (χ1) is 7.33. The third kappa shape index (κ3) is 1.28. The fraction of sp³-hybridized carbons (Fsp3) is 0.100. The van der Waals surface area contributed by atoms with Crippen LogP contribution in [0, 0.1) is 6.92 Å². The molecule has 0 fully saturated rings. The smallest absolute Gasteiger partial charge is 0.141 e. The molecule has 3 aromatic rings. The van der Waals surface area contributed by atoms with Crippen molar-refractivity contribution in [2.45, 2.75) is 6.92 Å². The molecule has 0 atom stereocenters. The van der Waals surface area contributed by atoms with Crippen molar-refractivity contribution in [3.63, 3.8) is 0 Å². The van der Waals surface area contributed by atoms with Crippen molar-refractivity contribution in [1.82, 2.24) is 25.1 Å². The summed E-state index contributed by atoms with van der Waals surface area (Å²) in [4.78, 5) is 11.9. The van der Waals surface area contributed by atoms with Crippen LogP contribution in [0.3, 0.4) is 0 Å². The minimum Gasteiger partial charge on any atom is -0.337 e. The molecule has 0 aliphatic carbocycles. The topological polar surface area (TPSA) is 70.2 Å². The molecule has 3 aromatic heterocycles. The lowest BCUT2D eigenvalue weighted by Crippen LogP contribution is -1.78. The SMILES string of the molecule is Cc1cc2nc(-c3cn[nH]c3)[nH]c2cn1. The number of aromatic nitrogens is 5. The molecule has 0 saturated heterocycles. The highest BCUT2D eigenvalue weighted by Gasteiger charge is 2.05. The number of fused-ring (bicyclic) bond motifs is 1. The zero-order valence-electron chi connectivity index (χ0n) is 8.15. The van der Waals surface area contributed by atoms with Gasteiger partial charge in [0, 0.05) is 11.9 Å². The fourth-order valence-corrected chi connectivity index (χ4v) is 1.53. The van der Waals surface area contributed by atoms with Crippen molar-refractivity contribution < 1.29 is 0 Å². The number of rotatable bonds is 1. The first-order valence-corrected chi connectivity index (χ1v) is 4.64. The van der Waals surface area contributed by atoms with Gasteiger partial charge >= 0.3 is 0 Å². The molecule has 0 spiro atoms. The molecule has 0 saturated carbocycles. The van der Waals surface area contributed by atoms with Crippen LogP contribution < -0.4 is 0 Å². The van der Waals surface area contributed by atoms with Gasteiger partial charge in [0.25, 0.3) is 0 Å². The number of H-pyrrole nitrogens is 2. The van der Waals surface area contributed by atoms with E-state index in [1.807, 2.05) is 13.0 Å². The Labute approximate surface area is 85.6 Å². The van der Waals surface area contributed by atoms with Crippen molar-refractivity contribution in [2.24, 2.45) is 0 Å². The number of nitrogens with zero attached hydrogens (tertiary/aromatic N) is 3. The van der Waals surface area contributed by atoms with E-state index in [0.29, 0.717) is 0 Å². The lowest BCUT2D eigenvalue weighted by molar-refractivity contribution is 1.09. The summed E-state index contributed by atoms with van der Waals surface area (Å²) in [5.74, 6) is 0.811. The maximum Gasteiger partial charge on any atom is 0.141 e. The van der Waals surface area contributed by atoms with Gasteiger partial charge in [0.2, 0.25) is 0 Å². The Morgan fingerprint density at radius 2 is 2.20 bits per heavy atom. The predicted octanol–water partition coefficient (Wildman–Crippen LogP) is 1.66. The van der Waals surface area contributed by atoms with E-state index in [0.717, 1.165) is 28.1 Å². The number of aryl methyl sites for hydroxylation is 1. The molecule has 2 N–H and O–H groups in total. The lowest BCUT2D eigenvalue weighted by atomic mass is 10.3. The number of nitrogens with one attached hydrogen (secondary N) is 2. The first-order valence-electron chi connectivity index (χ1n) is 4.64. The highest BCUT2D eigenvalue weighted by Crippen LogP contribution is 2.18. The minimum atomic E-state index is 0.811. The molecule has 0 radical (unpaired) electrons. The van der Waals surface area contributed by atoms with Crippen LogP contribution in [0.25, 0.3) is 22.4 Å². The molecule has 0 aliphatic heterocycles. The summed E-state index contributed by atoms with van der Waals surface area (Å²) < 4.78 is 0. The van der Waals surface area contributed by atoms with Gasteiger partial charge in [-0.15, -0.1) is 0 Å². The van der Waals surface area contributed by atoms with Crippen LogP contribution >= 0.6 is 0 Å². The molecule has 3 rings (SSSR count). The van der Waals surface area contributed by atoms with Gasteiger partial charge in [-0.25, -0.2) is 4.98 Å². The van der Waals surface area contributed by atoms with Gasteiger partial charge in [0.05, 0.1) is 29.0 Å². The summed E-state index contributed by atoms with van der Waals surface area (Å²) in [5, 5.41) is 6.64. The van der Waals surface area contributed by atoms with Crippen LogP contribution in [0.2, 0.25) is 0 Å². The van der Waals surface area contributed by atoms with Gasteiger partial charge in [0.15, 0.2) is 0 Å². The van der Waals surface area contributed by atoms with Crippen LogP contribution in [-0.2, 0) is 0 Å². The monoisotopic (exact) mass is 199 g/mol. The number of aromatic amines is 2. The largest absolute Gasteiger partial charge is 0.337 e. The molecular formula is C10H9N5. The zero-order valence-corrected chi connectivity index (χ0v) is 8.15. The molecule has 0 unspecified atom stereocenters. The Morgan fingerprint density at radius 3 is 3.00 bits per heavy atom. The average Bonchev–Trinajstić information content (AvgIpc) is 2.84. The number of hydrogen-bond donors (Lipinski definition) is 2. The molecule has 0 aliphatic rings. The first kappa shape index (κ1) is 8.16. The van der Waals surface area contributed by atoms with E-state index >= 15 is 0 Å². The summed E-state index contributed by atoms with van der Waals surface area (Å²) in [6.07, 6.45) is 5.33. The molecule has 15 heavy (non-hydrogen) atoms. The van der Waals surface area contributed by atoms with E-state index in [-0.39, 0.29) is 0 Å². The van der Waals surface area contributed by atoms with E-state index in [2.05, 4.69) is 25.1 Å². The summed E-state index contributed by atoms with van der Waals surface area (Å²) in [6.45, 7) is 1.95. The third-order valence-electron chi connectivity index (χ3n) is 2.28. The summed E-state index contributed by atoms with van der Waals surface area (Å²) in [6, 6.07) is 1.95. The molecule has 0 aromatic carbocycles. The Morgan fingerprint density at radius 1 is 1.27 bits per heavy atom. The van der Waals surface area contributed by atoms with E-state index in [1.165, 1.54) is 0 Å². The highest BCUT2D eigenvalue weighted by molar-refractivity contribution is 5.78. The normalized spacial score (nSPS) is 11.0. The van der Waals surface area contributed by atoms with Crippen LogP contribution in [0.4, 0.5) is 0 Å². The maximum absolute atomic E-state index is 4.46. The Kier molecular flexibility index (Phi) is 1.58. The van der Waals surface area contributed by atoms with Crippen molar-refractivity contribution >= 4 is 11.0 Å². The van der Waals surface area contributed by atoms with Gasteiger partial charge in [-0.1, -0.05) is 0 Å². The molecule has 74 valence electrons. The lowest BCUT2D eigenvalue weighted by Gasteiger charge is -1.88. The average molecular weight is 199 g/mol. The van der Waals surface area contributed by atoms with Crippen molar-refractivity contribution in [1.29, 1.82) is 0 Å². The minimum absolute atomic E-state index is 0.811. The van der Waals surface area contributed by atoms with Gasteiger partial charge in [-0.2, -0.15) is 5.10 Å². The number of imidazole rings is 1. The van der Waals surface area contributed by atoms with E-state index in [1.54, 1.807) is 18.6 Å². The number of hydrogen-bond acceptors (Lipinski definition) is 3. The van der Waals surface area contributed by atoms with Crippen LogP contribution in [0.15, 0.2) is 24.7 Å². The van der Waals surface area contributed by atoms with Crippen molar-refractivity contribution in [3.05, 3.63) is 30.4 Å². The van der Waals surface area contributed by atoms with E-state index in [4.69, 9.17) is 0 Å². The van der Waals surface area contributed by atoms with E-state index < -0.39 is 0 Å². The van der Waals surface area contributed by atoms with Crippen LogP contribution in [0.1, 0.15) is 5.69 Å². The van der Waals surface area contributed by atoms with Crippen molar-refractivity contribution in [3.8, 4) is 11.4 Å². The van der Waals surface area contributed by atoms with Crippen LogP contribution in [0.5, 0.6) is 0 Å². The second kappa shape index (κ2) is 2.91. The molecule has 3 heterocycles. The van der Waals surface area contributed by atoms with Gasteiger partial charge in [-0.3, -0.25) is 10.1 Å². The third-order valence-corrected chi connectivity index (χ3v) is 2.28. The standard InChI is InChI=1S/C10H9N5/c1-6-2-8-9(5-11-6)15-10(14-8)7-3-12-13-4-7/h2-5H,1H3,(H,12,13)(H,14,15). The van der Waals surface area contributed by atoms with Crippen molar-refractivity contribution in [2.75, 3.05) is 0 Å². The summed E-state index contributed by atoms with van der Waals surface area (Å²) in [5.41, 5.74) is 3.78. The van der Waals surface area contributed by atoms with Gasteiger partial charge < -0.3 is 4.98 Å². The number of pyridine rings is 1. The molecular weight excluding hydrogens is 190 g/mol. The van der Waals surface area contributed by atoms with Gasteiger partial charge in [-0.05, 0) is 13.0 Å². The fourth-order valence-electron chi connectivity index (χ4n) is 1.53. The van der Waals surface area contributed by atoms with Gasteiger partial charge in [0.1, 0.15) is 5.82 Å². The predicted molar refractivity (Wildman–Crippen MR) is 56.2 cm³/mol. The zero-order chi connectivity index (χ0) is 10.3. The molecule has 5 nitrogen and oxygen atoms in total. The Bertz CT molecular complexity index is 593. The summed E-state index contributed by atoms with van der Waals surface area (Å²) >= 11 is 0. The van der Waals surface area contributed by atoms with Crippen LogP contribution in [-0.4, -0.2) is 25.1 Å². The Hall–Kier alpha value is -2.17. The molecule has 0 bridgehead atoms. The molecule has 0 amide bonds. The maximum atomic E-state index is 4.46.